The fourth-order valence-electron chi connectivity index (χ4n) is 0.716. The Hall–Kier alpha value is -0.920. The van der Waals surface area contributed by atoms with Crippen LogP contribution in [0.5, 0.6) is 0 Å². The van der Waals surface area contributed by atoms with Gasteiger partial charge < -0.3 is 5.41 Å². The molecule has 0 saturated carbocycles. The number of rotatable bonds is 1. The van der Waals surface area contributed by atoms with Crippen molar-refractivity contribution in [2.24, 2.45) is 0 Å². The normalized spacial score (nSPS) is 9.83. The van der Waals surface area contributed by atoms with Gasteiger partial charge in [-0.05, 0) is 6.92 Å². The third-order valence-corrected chi connectivity index (χ3v) is 2.02. The standard InChI is InChI=1S/C6H6IN3O2/c1-3(8)4-2-10(7)6(12)9-5(4)11/h2,8H,1H3,(H,9,11,12). The summed E-state index contributed by atoms with van der Waals surface area (Å²) in [5.74, 6) is 0. The van der Waals surface area contributed by atoms with Crippen LogP contribution in [0.15, 0.2) is 15.8 Å². The molecule has 0 aliphatic carbocycles. The highest BCUT2D eigenvalue weighted by molar-refractivity contribution is 14.1. The zero-order valence-electron chi connectivity index (χ0n) is 6.22. The summed E-state index contributed by atoms with van der Waals surface area (Å²) in [6.45, 7) is 1.49. The Balaban J connectivity index is 3.54. The van der Waals surface area contributed by atoms with Gasteiger partial charge in [-0.2, -0.15) is 0 Å². The molecule has 0 atom stereocenters. The summed E-state index contributed by atoms with van der Waals surface area (Å²) in [6, 6.07) is 0. The van der Waals surface area contributed by atoms with Crippen LogP contribution >= 0.6 is 22.9 Å². The molecular formula is C6H6IN3O2. The smallest absolute Gasteiger partial charge is 0.305 e. The van der Waals surface area contributed by atoms with Gasteiger partial charge in [0.05, 0.1) is 28.4 Å². The topological polar surface area (TPSA) is 78.7 Å². The van der Waals surface area contributed by atoms with Crippen molar-refractivity contribution in [3.05, 3.63) is 32.6 Å². The van der Waals surface area contributed by atoms with Gasteiger partial charge in [0, 0.05) is 11.9 Å². The number of nitrogens with zero attached hydrogens (tertiary/aromatic N) is 1. The third kappa shape index (κ3) is 1.63. The number of aromatic nitrogens is 2. The first-order valence-electron chi connectivity index (χ1n) is 3.10. The lowest BCUT2D eigenvalue weighted by Crippen LogP contribution is -2.29. The van der Waals surface area contributed by atoms with Crippen LogP contribution in [0.25, 0.3) is 0 Å². The van der Waals surface area contributed by atoms with E-state index in [1.165, 1.54) is 15.9 Å². The molecule has 1 aromatic rings. The molecule has 6 heteroatoms. The van der Waals surface area contributed by atoms with Crippen LogP contribution in [0, 0.1) is 5.41 Å². The Bertz CT molecular complexity index is 431. The predicted octanol–water partition coefficient (Wildman–Crippen LogP) is 0.122. The molecule has 1 heterocycles. The predicted molar refractivity (Wildman–Crippen MR) is 53.2 cm³/mol. The van der Waals surface area contributed by atoms with E-state index in [9.17, 15) is 9.59 Å². The molecule has 0 spiro atoms. The summed E-state index contributed by atoms with van der Waals surface area (Å²) in [4.78, 5) is 24.0. The lowest BCUT2D eigenvalue weighted by molar-refractivity contribution is 1.01. The van der Waals surface area contributed by atoms with E-state index in [1.807, 2.05) is 0 Å². The van der Waals surface area contributed by atoms with Gasteiger partial charge in [0.15, 0.2) is 0 Å². The van der Waals surface area contributed by atoms with Crippen molar-refractivity contribution in [2.75, 3.05) is 0 Å². The van der Waals surface area contributed by atoms with Crippen LogP contribution in [-0.2, 0) is 0 Å². The van der Waals surface area contributed by atoms with Gasteiger partial charge in [-0.25, -0.2) is 7.58 Å². The lowest BCUT2D eigenvalue weighted by atomic mass is 10.2. The van der Waals surface area contributed by atoms with Crippen LogP contribution in [0.3, 0.4) is 0 Å². The van der Waals surface area contributed by atoms with Crippen molar-refractivity contribution >= 4 is 28.6 Å². The average molecular weight is 279 g/mol. The second-order valence-corrected chi connectivity index (χ2v) is 3.28. The number of halogens is 1. The number of hydrogen-bond donors (Lipinski definition) is 2. The highest BCUT2D eigenvalue weighted by atomic mass is 127. The highest BCUT2D eigenvalue weighted by Gasteiger charge is 2.03. The summed E-state index contributed by atoms with van der Waals surface area (Å²) < 4.78 is 1.20. The van der Waals surface area contributed by atoms with Crippen molar-refractivity contribution in [1.82, 2.24) is 7.76 Å². The maximum absolute atomic E-state index is 11.0. The maximum Gasteiger partial charge on any atom is 0.337 e. The molecule has 0 aliphatic heterocycles. The number of hydrogen-bond acceptors (Lipinski definition) is 3. The molecule has 5 nitrogen and oxygen atoms in total. The molecule has 0 saturated heterocycles. The lowest BCUT2D eigenvalue weighted by Gasteiger charge is -1.97. The van der Waals surface area contributed by atoms with Gasteiger partial charge in [-0.15, -0.1) is 0 Å². The summed E-state index contributed by atoms with van der Waals surface area (Å²) in [5.41, 5.74) is -0.642. The van der Waals surface area contributed by atoms with E-state index >= 15 is 0 Å². The third-order valence-electron chi connectivity index (χ3n) is 1.31. The van der Waals surface area contributed by atoms with E-state index < -0.39 is 11.2 Å². The molecule has 1 aromatic heterocycles. The van der Waals surface area contributed by atoms with Gasteiger partial charge >= 0.3 is 5.69 Å². The summed E-state index contributed by atoms with van der Waals surface area (Å²) in [7, 11) is 0. The molecule has 0 radical (unpaired) electrons. The van der Waals surface area contributed by atoms with E-state index in [0.29, 0.717) is 0 Å². The van der Waals surface area contributed by atoms with Crippen LogP contribution in [0.2, 0.25) is 0 Å². The average Bonchev–Trinajstić information content (AvgIpc) is 1.96. The molecular weight excluding hydrogens is 273 g/mol. The zero-order chi connectivity index (χ0) is 9.30. The minimum Gasteiger partial charge on any atom is -0.305 e. The second-order valence-electron chi connectivity index (χ2n) is 2.24. The van der Waals surface area contributed by atoms with Gasteiger partial charge in [-0.1, -0.05) is 0 Å². The van der Waals surface area contributed by atoms with Gasteiger partial charge in [0.1, 0.15) is 0 Å². The number of nitrogens with one attached hydrogen (secondary N) is 2. The van der Waals surface area contributed by atoms with E-state index in [1.54, 1.807) is 22.9 Å². The first-order valence-corrected chi connectivity index (χ1v) is 4.06. The van der Waals surface area contributed by atoms with Crippen molar-refractivity contribution in [2.45, 2.75) is 6.92 Å². The van der Waals surface area contributed by atoms with Crippen LogP contribution < -0.4 is 11.2 Å². The van der Waals surface area contributed by atoms with Crippen molar-refractivity contribution in [1.29, 1.82) is 5.41 Å². The Morgan fingerprint density at radius 3 is 2.75 bits per heavy atom. The largest absolute Gasteiger partial charge is 0.337 e. The monoisotopic (exact) mass is 279 g/mol. The van der Waals surface area contributed by atoms with Gasteiger partial charge in [0.25, 0.3) is 5.56 Å². The molecule has 0 bridgehead atoms. The molecule has 0 fully saturated rings. The van der Waals surface area contributed by atoms with Crippen LogP contribution in [0.4, 0.5) is 0 Å². The van der Waals surface area contributed by atoms with Crippen molar-refractivity contribution in [3.8, 4) is 0 Å². The van der Waals surface area contributed by atoms with Crippen LogP contribution in [0.1, 0.15) is 12.5 Å². The van der Waals surface area contributed by atoms with Crippen molar-refractivity contribution in [3.63, 3.8) is 0 Å². The molecule has 1 rings (SSSR count). The van der Waals surface area contributed by atoms with E-state index in [-0.39, 0.29) is 11.3 Å². The Morgan fingerprint density at radius 2 is 2.25 bits per heavy atom. The first kappa shape index (κ1) is 9.17. The quantitative estimate of drug-likeness (QED) is 0.566. The fraction of sp³-hybridized carbons (Fsp3) is 0.167. The molecule has 2 N–H and O–H groups in total. The van der Waals surface area contributed by atoms with Gasteiger partial charge in [-0.3, -0.25) is 9.78 Å². The Labute approximate surface area is 81.4 Å². The first-order chi connectivity index (χ1) is 5.52. The minimum absolute atomic E-state index is 0.140. The molecule has 0 aromatic carbocycles. The van der Waals surface area contributed by atoms with Crippen LogP contribution in [-0.4, -0.2) is 13.5 Å². The van der Waals surface area contributed by atoms with E-state index in [4.69, 9.17) is 5.41 Å². The van der Waals surface area contributed by atoms with E-state index in [2.05, 4.69) is 4.98 Å². The fourth-order valence-corrected chi connectivity index (χ4v) is 1.11. The Morgan fingerprint density at radius 1 is 1.67 bits per heavy atom. The summed E-state index contributed by atoms with van der Waals surface area (Å²) in [5, 5.41) is 7.20. The number of aromatic amines is 1. The molecule has 64 valence electrons. The maximum atomic E-state index is 11.0. The van der Waals surface area contributed by atoms with Gasteiger partial charge in [0.2, 0.25) is 0 Å². The second kappa shape index (κ2) is 3.21. The SMILES string of the molecule is CC(=N)c1cn(I)c(=O)[nH]c1=O. The van der Waals surface area contributed by atoms with Crippen molar-refractivity contribution < 1.29 is 0 Å². The highest BCUT2D eigenvalue weighted by Crippen LogP contribution is 1.91. The zero-order valence-corrected chi connectivity index (χ0v) is 8.38. The summed E-state index contributed by atoms with van der Waals surface area (Å²) in [6.07, 6.45) is 1.34. The molecule has 12 heavy (non-hydrogen) atoms. The minimum atomic E-state index is -0.514. The van der Waals surface area contributed by atoms with E-state index in [0.717, 1.165) is 0 Å². The number of H-pyrrole nitrogens is 1. The molecule has 0 aliphatic rings. The molecule has 0 amide bonds. The molecule has 0 unspecified atom stereocenters. The summed E-state index contributed by atoms with van der Waals surface area (Å²) >= 11 is 1.74. The Kier molecular flexibility index (Phi) is 2.46.